The van der Waals surface area contributed by atoms with Gasteiger partial charge in [0.05, 0.1) is 5.92 Å². The van der Waals surface area contributed by atoms with Crippen LogP contribution >= 0.6 is 0 Å². The Kier molecular flexibility index (Phi) is 6.21. The van der Waals surface area contributed by atoms with Crippen molar-refractivity contribution in [3.8, 4) is 0 Å². The third kappa shape index (κ3) is 6.17. The van der Waals surface area contributed by atoms with Crippen LogP contribution in [0.1, 0.15) is 32.8 Å². The average Bonchev–Trinajstić information content (AvgIpc) is 2.41. The van der Waals surface area contributed by atoms with E-state index >= 15 is 0 Å². The van der Waals surface area contributed by atoms with Crippen LogP contribution in [0.2, 0.25) is 0 Å². The predicted octanol–water partition coefficient (Wildman–Crippen LogP) is 2.38. The van der Waals surface area contributed by atoms with E-state index in [-0.39, 0.29) is 17.2 Å². The molecule has 0 fully saturated rings. The van der Waals surface area contributed by atoms with Gasteiger partial charge in [0.2, 0.25) is 5.91 Å². The number of hydrogen-bond donors (Lipinski definition) is 2. The van der Waals surface area contributed by atoms with Crippen LogP contribution in [0.4, 0.5) is 5.69 Å². The lowest BCUT2D eigenvalue weighted by Crippen LogP contribution is -2.36. The standard InChI is InChI=1S/C17H29N3O/c1-17(2,3)10-14(11-18)16(21)19-12-13-6-8-15(9-7-13)20(4)5/h6-9,14H,10-12,18H2,1-5H3,(H,19,21). The van der Waals surface area contributed by atoms with Gasteiger partial charge >= 0.3 is 0 Å². The fraction of sp³-hybridized carbons (Fsp3) is 0.588. The number of carbonyl (C=O) groups is 1. The molecule has 0 heterocycles. The highest BCUT2D eigenvalue weighted by molar-refractivity contribution is 5.78. The lowest BCUT2D eigenvalue weighted by atomic mass is 9.84. The smallest absolute Gasteiger partial charge is 0.224 e. The van der Waals surface area contributed by atoms with Crippen molar-refractivity contribution in [2.75, 3.05) is 25.5 Å². The molecule has 0 spiro atoms. The summed E-state index contributed by atoms with van der Waals surface area (Å²) < 4.78 is 0. The van der Waals surface area contributed by atoms with Gasteiger partial charge in [0.25, 0.3) is 0 Å². The number of nitrogens with two attached hydrogens (primary N) is 1. The van der Waals surface area contributed by atoms with Gasteiger partial charge in [-0.1, -0.05) is 32.9 Å². The van der Waals surface area contributed by atoms with Gasteiger partial charge < -0.3 is 16.0 Å². The van der Waals surface area contributed by atoms with Gasteiger partial charge in [0.1, 0.15) is 0 Å². The minimum absolute atomic E-state index is 0.0455. The van der Waals surface area contributed by atoms with Crippen molar-refractivity contribution >= 4 is 11.6 Å². The van der Waals surface area contributed by atoms with Crippen LogP contribution in [-0.4, -0.2) is 26.5 Å². The number of nitrogens with zero attached hydrogens (tertiary/aromatic N) is 1. The molecule has 0 saturated heterocycles. The summed E-state index contributed by atoms with van der Waals surface area (Å²) >= 11 is 0. The van der Waals surface area contributed by atoms with Gasteiger partial charge in [-0.05, 0) is 29.5 Å². The molecule has 1 atom stereocenters. The highest BCUT2D eigenvalue weighted by Crippen LogP contribution is 2.24. The lowest BCUT2D eigenvalue weighted by molar-refractivity contribution is -0.125. The minimum atomic E-state index is -0.119. The Hall–Kier alpha value is -1.55. The largest absolute Gasteiger partial charge is 0.378 e. The monoisotopic (exact) mass is 291 g/mol. The highest BCUT2D eigenvalue weighted by atomic mass is 16.1. The Balaban J connectivity index is 2.55. The fourth-order valence-corrected chi connectivity index (χ4v) is 2.27. The van der Waals surface area contributed by atoms with E-state index in [1.54, 1.807) is 0 Å². The molecule has 1 aromatic rings. The molecule has 0 aliphatic heterocycles. The number of nitrogens with one attached hydrogen (secondary N) is 1. The molecule has 4 nitrogen and oxygen atoms in total. The first kappa shape index (κ1) is 17.5. The fourth-order valence-electron chi connectivity index (χ4n) is 2.27. The van der Waals surface area contributed by atoms with Crippen LogP contribution in [0, 0.1) is 11.3 Å². The quantitative estimate of drug-likeness (QED) is 0.846. The predicted molar refractivity (Wildman–Crippen MR) is 89.2 cm³/mol. The van der Waals surface area contributed by atoms with E-state index in [1.165, 1.54) is 0 Å². The van der Waals surface area contributed by atoms with Crippen molar-refractivity contribution in [2.45, 2.75) is 33.7 Å². The first-order valence-electron chi connectivity index (χ1n) is 7.47. The number of amides is 1. The first-order valence-corrected chi connectivity index (χ1v) is 7.47. The third-order valence-corrected chi connectivity index (χ3v) is 3.43. The van der Waals surface area contributed by atoms with E-state index < -0.39 is 0 Å². The van der Waals surface area contributed by atoms with Crippen LogP contribution in [-0.2, 0) is 11.3 Å². The number of rotatable bonds is 6. The summed E-state index contributed by atoms with van der Waals surface area (Å²) in [5.41, 5.74) is 8.09. The second-order valence-corrected chi connectivity index (χ2v) is 6.98. The summed E-state index contributed by atoms with van der Waals surface area (Å²) in [6.45, 7) is 7.32. The normalized spacial score (nSPS) is 12.9. The molecule has 118 valence electrons. The van der Waals surface area contributed by atoms with Crippen LogP contribution in [0.15, 0.2) is 24.3 Å². The van der Waals surface area contributed by atoms with E-state index in [0.29, 0.717) is 13.1 Å². The molecule has 0 saturated carbocycles. The Morgan fingerprint density at radius 2 is 1.81 bits per heavy atom. The number of hydrogen-bond acceptors (Lipinski definition) is 3. The van der Waals surface area contributed by atoms with Gasteiger partial charge in [-0.2, -0.15) is 0 Å². The van der Waals surface area contributed by atoms with Crippen molar-refractivity contribution in [1.29, 1.82) is 0 Å². The highest BCUT2D eigenvalue weighted by Gasteiger charge is 2.23. The topological polar surface area (TPSA) is 58.4 Å². The molecule has 0 aliphatic rings. The molecule has 0 radical (unpaired) electrons. The van der Waals surface area contributed by atoms with Crippen LogP contribution < -0.4 is 16.0 Å². The third-order valence-electron chi connectivity index (χ3n) is 3.43. The van der Waals surface area contributed by atoms with Gasteiger partial charge in [-0.3, -0.25) is 4.79 Å². The Morgan fingerprint density at radius 3 is 2.24 bits per heavy atom. The second kappa shape index (κ2) is 7.46. The van der Waals surface area contributed by atoms with E-state index in [2.05, 4.69) is 43.1 Å². The minimum Gasteiger partial charge on any atom is -0.378 e. The zero-order chi connectivity index (χ0) is 16.0. The van der Waals surface area contributed by atoms with Gasteiger partial charge in [-0.25, -0.2) is 0 Å². The summed E-state index contributed by atoms with van der Waals surface area (Å²) in [6.07, 6.45) is 0.800. The number of carbonyl (C=O) groups excluding carboxylic acids is 1. The van der Waals surface area contributed by atoms with E-state index in [1.807, 2.05) is 26.2 Å². The Labute approximate surface area is 128 Å². The average molecular weight is 291 g/mol. The van der Waals surface area contributed by atoms with Gasteiger partial charge in [0, 0.05) is 32.9 Å². The molecular formula is C17H29N3O. The zero-order valence-electron chi connectivity index (χ0n) is 13.9. The molecule has 0 aliphatic carbocycles. The van der Waals surface area contributed by atoms with Crippen molar-refractivity contribution < 1.29 is 4.79 Å². The summed E-state index contributed by atoms with van der Waals surface area (Å²) in [7, 11) is 4.02. The molecule has 0 aromatic heterocycles. The summed E-state index contributed by atoms with van der Waals surface area (Å²) in [5, 5.41) is 2.99. The van der Waals surface area contributed by atoms with Crippen molar-refractivity contribution in [2.24, 2.45) is 17.1 Å². The number of anilines is 1. The second-order valence-electron chi connectivity index (χ2n) is 6.98. The summed E-state index contributed by atoms with van der Waals surface area (Å²) in [4.78, 5) is 14.3. The Bertz CT molecular complexity index is 446. The van der Waals surface area contributed by atoms with Crippen LogP contribution in [0.25, 0.3) is 0 Å². The molecule has 1 aromatic carbocycles. The number of benzene rings is 1. The van der Waals surface area contributed by atoms with E-state index in [4.69, 9.17) is 5.73 Å². The Morgan fingerprint density at radius 1 is 1.24 bits per heavy atom. The molecule has 3 N–H and O–H groups in total. The van der Waals surface area contributed by atoms with Crippen molar-refractivity contribution in [1.82, 2.24) is 5.32 Å². The maximum Gasteiger partial charge on any atom is 0.224 e. The molecule has 0 bridgehead atoms. The van der Waals surface area contributed by atoms with E-state index in [0.717, 1.165) is 17.7 Å². The molecule has 21 heavy (non-hydrogen) atoms. The SMILES string of the molecule is CN(C)c1ccc(CNC(=O)C(CN)CC(C)(C)C)cc1. The van der Waals surface area contributed by atoms with Gasteiger partial charge in [-0.15, -0.1) is 0 Å². The zero-order valence-corrected chi connectivity index (χ0v) is 13.9. The van der Waals surface area contributed by atoms with Crippen LogP contribution in [0.3, 0.4) is 0 Å². The molecule has 1 unspecified atom stereocenters. The maximum absolute atomic E-state index is 12.2. The van der Waals surface area contributed by atoms with Crippen molar-refractivity contribution in [3.63, 3.8) is 0 Å². The molecular weight excluding hydrogens is 262 g/mol. The maximum atomic E-state index is 12.2. The summed E-state index contributed by atoms with van der Waals surface area (Å²) in [5.74, 6) is -0.0739. The van der Waals surface area contributed by atoms with Gasteiger partial charge in [0.15, 0.2) is 0 Å². The summed E-state index contributed by atoms with van der Waals surface area (Å²) in [6, 6.07) is 8.18. The van der Waals surface area contributed by atoms with E-state index in [9.17, 15) is 4.79 Å². The lowest BCUT2D eigenvalue weighted by Gasteiger charge is -2.24. The van der Waals surface area contributed by atoms with Crippen molar-refractivity contribution in [3.05, 3.63) is 29.8 Å². The molecule has 4 heteroatoms. The first-order chi connectivity index (χ1) is 9.73. The van der Waals surface area contributed by atoms with Crippen LogP contribution in [0.5, 0.6) is 0 Å². The molecule has 1 rings (SSSR count). The molecule has 1 amide bonds.